The van der Waals surface area contributed by atoms with Crippen LogP contribution in [0.4, 0.5) is 5.69 Å². The molecule has 0 aliphatic carbocycles. The Balaban J connectivity index is 1.92. The molecule has 29 heavy (non-hydrogen) atoms. The summed E-state index contributed by atoms with van der Waals surface area (Å²) in [5.74, 6) is -1.74. The molecule has 2 amide bonds. The molecule has 2 aromatic rings. The van der Waals surface area contributed by atoms with E-state index in [9.17, 15) is 24.5 Å². The zero-order valence-corrected chi connectivity index (χ0v) is 15.4. The summed E-state index contributed by atoms with van der Waals surface area (Å²) in [5, 5.41) is 15.5. The van der Waals surface area contributed by atoms with Crippen LogP contribution in [0.25, 0.3) is 0 Å². The highest BCUT2D eigenvalue weighted by atomic mass is 16.6. The van der Waals surface area contributed by atoms with E-state index in [0.29, 0.717) is 0 Å². The van der Waals surface area contributed by atoms with Gasteiger partial charge in [-0.3, -0.25) is 19.7 Å². The number of hydrogen-bond donors (Lipinski definition) is 3. The Labute approximate surface area is 166 Å². The topological polar surface area (TPSA) is 154 Å². The highest BCUT2D eigenvalue weighted by molar-refractivity contribution is 5.90. The van der Waals surface area contributed by atoms with Crippen LogP contribution in [0.3, 0.4) is 0 Å². The van der Waals surface area contributed by atoms with E-state index in [1.54, 1.807) is 24.3 Å². The fourth-order valence-electron chi connectivity index (χ4n) is 2.40. The van der Waals surface area contributed by atoms with Crippen molar-refractivity contribution in [2.45, 2.75) is 12.5 Å². The van der Waals surface area contributed by atoms with Gasteiger partial charge in [-0.1, -0.05) is 30.3 Å². The van der Waals surface area contributed by atoms with Gasteiger partial charge in [0.15, 0.2) is 0 Å². The third kappa shape index (κ3) is 7.03. The third-order valence-corrected chi connectivity index (χ3v) is 3.81. The molecule has 2 rings (SSSR count). The van der Waals surface area contributed by atoms with E-state index in [2.05, 4.69) is 10.6 Å². The quantitative estimate of drug-likeness (QED) is 0.237. The second kappa shape index (κ2) is 10.5. The van der Waals surface area contributed by atoms with E-state index in [1.807, 2.05) is 6.07 Å². The smallest absolute Gasteiger partial charge is 0.330 e. The highest BCUT2D eigenvalue weighted by Gasteiger charge is 2.21. The van der Waals surface area contributed by atoms with Crippen molar-refractivity contribution in [3.63, 3.8) is 0 Å². The van der Waals surface area contributed by atoms with Crippen molar-refractivity contribution in [3.05, 3.63) is 70.3 Å². The standard InChI is InChI=1S/C19H20N4O6/c20-11-17(24)22-16(10-13-4-2-1-3-5-13)19(26)21-12-18(25)29-15-8-6-14(7-9-15)23(27)28/h1-9,16H,10-12,20H2,(H,21,26)(H,22,24). The maximum atomic E-state index is 12.4. The average molecular weight is 400 g/mol. The molecule has 0 saturated carbocycles. The molecule has 0 spiro atoms. The van der Waals surface area contributed by atoms with Crippen LogP contribution >= 0.6 is 0 Å². The molecule has 10 heteroatoms. The highest BCUT2D eigenvalue weighted by Crippen LogP contribution is 2.17. The van der Waals surface area contributed by atoms with Crippen molar-refractivity contribution >= 4 is 23.5 Å². The molecule has 1 unspecified atom stereocenters. The van der Waals surface area contributed by atoms with E-state index >= 15 is 0 Å². The predicted molar refractivity (Wildman–Crippen MR) is 103 cm³/mol. The minimum Gasteiger partial charge on any atom is -0.425 e. The van der Waals surface area contributed by atoms with Gasteiger partial charge >= 0.3 is 5.97 Å². The molecule has 0 aliphatic rings. The Morgan fingerprint density at radius 2 is 1.72 bits per heavy atom. The Kier molecular flexibility index (Phi) is 7.80. The number of non-ortho nitro benzene ring substituents is 1. The molecule has 0 aliphatic heterocycles. The minimum atomic E-state index is -0.916. The number of hydrogen-bond acceptors (Lipinski definition) is 7. The van der Waals surface area contributed by atoms with Gasteiger partial charge in [0.25, 0.3) is 5.69 Å². The molecule has 1 atom stereocenters. The summed E-state index contributed by atoms with van der Waals surface area (Å²) in [4.78, 5) is 46.0. The molecule has 0 radical (unpaired) electrons. The van der Waals surface area contributed by atoms with Gasteiger partial charge in [0, 0.05) is 18.6 Å². The number of ether oxygens (including phenoxy) is 1. The van der Waals surface area contributed by atoms with E-state index < -0.39 is 35.3 Å². The van der Waals surface area contributed by atoms with Crippen molar-refractivity contribution in [1.29, 1.82) is 0 Å². The summed E-state index contributed by atoms with van der Waals surface area (Å²) >= 11 is 0. The van der Waals surface area contributed by atoms with Gasteiger partial charge in [-0.15, -0.1) is 0 Å². The molecule has 0 heterocycles. The summed E-state index contributed by atoms with van der Waals surface area (Å²) < 4.78 is 5.02. The number of nitrogens with one attached hydrogen (secondary N) is 2. The number of esters is 1. The average Bonchev–Trinajstić information content (AvgIpc) is 2.72. The lowest BCUT2D eigenvalue weighted by Crippen LogP contribution is -2.50. The van der Waals surface area contributed by atoms with Crippen LogP contribution in [0.5, 0.6) is 5.75 Å². The number of carbonyl (C=O) groups excluding carboxylic acids is 3. The van der Waals surface area contributed by atoms with Crippen LogP contribution in [0, 0.1) is 10.1 Å². The normalized spacial score (nSPS) is 11.2. The zero-order chi connectivity index (χ0) is 21.2. The zero-order valence-electron chi connectivity index (χ0n) is 15.4. The van der Waals surface area contributed by atoms with E-state index in [4.69, 9.17) is 10.5 Å². The monoisotopic (exact) mass is 400 g/mol. The van der Waals surface area contributed by atoms with Crippen LogP contribution in [0.2, 0.25) is 0 Å². The van der Waals surface area contributed by atoms with E-state index in [1.165, 1.54) is 24.3 Å². The molecule has 0 saturated heterocycles. The van der Waals surface area contributed by atoms with Gasteiger partial charge in [0.2, 0.25) is 11.8 Å². The van der Waals surface area contributed by atoms with E-state index in [-0.39, 0.29) is 24.4 Å². The van der Waals surface area contributed by atoms with Crippen LogP contribution < -0.4 is 21.1 Å². The molecule has 152 valence electrons. The van der Waals surface area contributed by atoms with Gasteiger partial charge in [-0.25, -0.2) is 4.79 Å². The first-order valence-electron chi connectivity index (χ1n) is 8.65. The maximum absolute atomic E-state index is 12.4. The number of benzene rings is 2. The van der Waals surface area contributed by atoms with Crippen molar-refractivity contribution < 1.29 is 24.0 Å². The molecule has 0 fully saturated rings. The van der Waals surface area contributed by atoms with Gasteiger partial charge in [-0.05, 0) is 17.7 Å². The van der Waals surface area contributed by atoms with Gasteiger partial charge in [-0.2, -0.15) is 0 Å². The summed E-state index contributed by atoms with van der Waals surface area (Å²) in [6, 6.07) is 13.1. The van der Waals surface area contributed by atoms with Crippen molar-refractivity contribution in [3.8, 4) is 5.75 Å². The molecule has 0 aromatic heterocycles. The van der Waals surface area contributed by atoms with Crippen LogP contribution in [0.1, 0.15) is 5.56 Å². The first-order chi connectivity index (χ1) is 13.9. The fraction of sp³-hybridized carbons (Fsp3) is 0.211. The lowest BCUT2D eigenvalue weighted by molar-refractivity contribution is -0.384. The van der Waals surface area contributed by atoms with Crippen molar-refractivity contribution in [2.75, 3.05) is 13.1 Å². The van der Waals surface area contributed by atoms with Crippen LogP contribution in [0.15, 0.2) is 54.6 Å². The molecular formula is C19H20N4O6. The molecular weight excluding hydrogens is 380 g/mol. The van der Waals surface area contributed by atoms with E-state index in [0.717, 1.165) is 5.56 Å². The Hall–Kier alpha value is -3.79. The Morgan fingerprint density at radius 1 is 1.07 bits per heavy atom. The largest absolute Gasteiger partial charge is 0.425 e. The number of nitrogens with zero attached hydrogens (tertiary/aromatic N) is 1. The Bertz CT molecular complexity index is 870. The van der Waals surface area contributed by atoms with Gasteiger partial charge in [0.05, 0.1) is 11.5 Å². The summed E-state index contributed by atoms with van der Waals surface area (Å²) in [5.41, 5.74) is 5.97. The first kappa shape index (κ1) is 21.5. The number of rotatable bonds is 9. The molecule has 10 nitrogen and oxygen atoms in total. The van der Waals surface area contributed by atoms with Crippen LogP contribution in [-0.2, 0) is 20.8 Å². The number of nitrogens with two attached hydrogens (primary N) is 1. The third-order valence-electron chi connectivity index (χ3n) is 3.81. The van der Waals surface area contributed by atoms with Gasteiger partial charge in [0.1, 0.15) is 18.3 Å². The second-order valence-electron chi connectivity index (χ2n) is 5.96. The minimum absolute atomic E-state index is 0.104. The molecule has 4 N–H and O–H groups in total. The van der Waals surface area contributed by atoms with Gasteiger partial charge < -0.3 is 21.1 Å². The maximum Gasteiger partial charge on any atom is 0.330 e. The number of carbonyl (C=O) groups is 3. The number of nitro benzene ring substituents is 1. The summed E-state index contributed by atoms with van der Waals surface area (Å²) in [6.07, 6.45) is 0.218. The number of nitro groups is 1. The summed E-state index contributed by atoms with van der Waals surface area (Å²) in [6.45, 7) is -0.722. The van der Waals surface area contributed by atoms with Crippen molar-refractivity contribution in [1.82, 2.24) is 10.6 Å². The lowest BCUT2D eigenvalue weighted by atomic mass is 10.1. The number of amides is 2. The SMILES string of the molecule is NCC(=O)NC(Cc1ccccc1)C(=O)NCC(=O)Oc1ccc([N+](=O)[O-])cc1. The second-order valence-corrected chi connectivity index (χ2v) is 5.96. The summed E-state index contributed by atoms with van der Waals surface area (Å²) in [7, 11) is 0. The van der Waals surface area contributed by atoms with Crippen LogP contribution in [-0.4, -0.2) is 41.8 Å². The molecule has 0 bridgehead atoms. The fourth-order valence-corrected chi connectivity index (χ4v) is 2.40. The predicted octanol–water partition coefficient (Wildman–Crippen LogP) is 0.303. The Morgan fingerprint density at radius 3 is 2.31 bits per heavy atom. The molecule has 2 aromatic carbocycles. The lowest BCUT2D eigenvalue weighted by Gasteiger charge is -2.18. The van der Waals surface area contributed by atoms with Crippen molar-refractivity contribution in [2.24, 2.45) is 5.73 Å². The first-order valence-corrected chi connectivity index (χ1v) is 8.65.